The number of nitrogens with zero attached hydrogens (tertiary/aromatic N) is 1. The van der Waals surface area contributed by atoms with Crippen molar-refractivity contribution < 1.29 is 14.2 Å². The molecule has 0 aliphatic rings. The Hall–Kier alpha value is -3.35. The second-order valence-electron chi connectivity index (χ2n) is 4.57. The van der Waals surface area contributed by atoms with Crippen LogP contribution in [0.5, 0.6) is 0 Å². The van der Waals surface area contributed by atoms with Crippen LogP contribution in [-0.4, -0.2) is 16.9 Å². The molecule has 6 N–H and O–H groups in total. The fourth-order valence-corrected chi connectivity index (χ4v) is 1.97. The number of aromatic nitrogens is 1. The molecule has 1 heterocycles. The Morgan fingerprint density at radius 1 is 1.14 bits per heavy atom. The van der Waals surface area contributed by atoms with Gasteiger partial charge in [0.25, 0.3) is 0 Å². The SMILES string of the molecule is NC(NC(=O)c1ccccc1N)=[NH+]c1nc2ccccc2o1. The van der Waals surface area contributed by atoms with Crippen molar-refractivity contribution in [3.63, 3.8) is 0 Å². The second kappa shape index (κ2) is 5.57. The van der Waals surface area contributed by atoms with Crippen LogP contribution >= 0.6 is 0 Å². The molecule has 0 aliphatic heterocycles. The van der Waals surface area contributed by atoms with E-state index in [1.807, 2.05) is 18.2 Å². The maximum Gasteiger partial charge on any atom is 0.406 e. The lowest BCUT2D eigenvalue weighted by Gasteiger charge is -2.02. The summed E-state index contributed by atoms with van der Waals surface area (Å²) >= 11 is 0. The Bertz CT molecular complexity index is 836. The molecule has 7 heteroatoms. The Balaban J connectivity index is 1.80. The first-order valence-corrected chi connectivity index (χ1v) is 6.54. The molecule has 0 aliphatic carbocycles. The molecule has 1 aromatic heterocycles. The van der Waals surface area contributed by atoms with E-state index in [1.165, 1.54) is 0 Å². The normalized spacial score (nSPS) is 11.5. The van der Waals surface area contributed by atoms with Crippen molar-refractivity contribution in [3.8, 4) is 0 Å². The molecule has 1 amide bonds. The van der Waals surface area contributed by atoms with Gasteiger partial charge in [0.1, 0.15) is 0 Å². The lowest BCUT2D eigenvalue weighted by Crippen LogP contribution is -2.74. The van der Waals surface area contributed by atoms with Crippen LogP contribution in [0.1, 0.15) is 10.4 Å². The maximum atomic E-state index is 12.1. The summed E-state index contributed by atoms with van der Waals surface area (Å²) in [5, 5.41) is 2.49. The summed E-state index contributed by atoms with van der Waals surface area (Å²) in [6.07, 6.45) is 0. The number of carbonyl (C=O) groups is 1. The lowest BCUT2D eigenvalue weighted by molar-refractivity contribution is -0.381. The zero-order valence-electron chi connectivity index (χ0n) is 11.5. The van der Waals surface area contributed by atoms with Crippen LogP contribution in [0.15, 0.2) is 52.9 Å². The number of rotatable bonds is 2. The van der Waals surface area contributed by atoms with Crippen molar-refractivity contribution in [2.45, 2.75) is 0 Å². The molecule has 3 rings (SSSR count). The number of benzene rings is 2. The number of oxazole rings is 1. The van der Waals surface area contributed by atoms with Gasteiger partial charge in [-0.2, -0.15) is 0 Å². The Morgan fingerprint density at radius 2 is 1.86 bits per heavy atom. The largest absolute Gasteiger partial charge is 0.406 e. The summed E-state index contributed by atoms with van der Waals surface area (Å²) in [4.78, 5) is 18.9. The van der Waals surface area contributed by atoms with Crippen LogP contribution in [0.25, 0.3) is 11.1 Å². The Kier molecular flexibility index (Phi) is 3.45. The van der Waals surface area contributed by atoms with Gasteiger partial charge in [0, 0.05) is 5.69 Å². The fourth-order valence-electron chi connectivity index (χ4n) is 1.97. The topological polar surface area (TPSA) is 121 Å². The van der Waals surface area contributed by atoms with Crippen LogP contribution in [0.3, 0.4) is 0 Å². The zero-order chi connectivity index (χ0) is 15.5. The predicted molar refractivity (Wildman–Crippen MR) is 82.1 cm³/mol. The zero-order valence-corrected chi connectivity index (χ0v) is 11.5. The number of carbonyl (C=O) groups excluding carboxylic acids is 1. The van der Waals surface area contributed by atoms with E-state index < -0.39 is 5.91 Å². The van der Waals surface area contributed by atoms with Crippen molar-refractivity contribution in [2.24, 2.45) is 5.73 Å². The summed E-state index contributed by atoms with van der Waals surface area (Å²) in [6.45, 7) is 0. The third-order valence-electron chi connectivity index (χ3n) is 2.99. The minimum Gasteiger partial charge on any atom is -0.404 e. The predicted octanol–water partition coefficient (Wildman–Crippen LogP) is -0.133. The summed E-state index contributed by atoms with van der Waals surface area (Å²) in [6, 6.07) is 14.2. The van der Waals surface area contributed by atoms with Gasteiger partial charge in [-0.25, -0.2) is 10.3 Å². The van der Waals surface area contributed by atoms with E-state index in [9.17, 15) is 4.79 Å². The number of para-hydroxylation sites is 3. The first kappa shape index (κ1) is 13.6. The van der Waals surface area contributed by atoms with Gasteiger partial charge >= 0.3 is 17.9 Å². The number of fused-ring (bicyclic) bond motifs is 1. The van der Waals surface area contributed by atoms with Gasteiger partial charge in [0.2, 0.25) is 0 Å². The summed E-state index contributed by atoms with van der Waals surface area (Å²) < 4.78 is 5.45. The van der Waals surface area contributed by atoms with E-state index in [-0.39, 0.29) is 12.0 Å². The maximum absolute atomic E-state index is 12.1. The standard InChI is InChI=1S/C15H13N5O2/c16-10-6-2-1-5-9(10)13(21)19-14(17)20-15-18-11-7-3-4-8-12(11)22-15/h1-8H,16H2,(H3,17,18,19,20,21)/p+1. The molecule has 0 bridgehead atoms. The highest BCUT2D eigenvalue weighted by Gasteiger charge is 2.15. The van der Waals surface area contributed by atoms with Gasteiger partial charge in [-0.1, -0.05) is 29.2 Å². The van der Waals surface area contributed by atoms with E-state index in [0.717, 1.165) is 0 Å². The average Bonchev–Trinajstić information content (AvgIpc) is 2.89. The van der Waals surface area contributed by atoms with E-state index >= 15 is 0 Å². The van der Waals surface area contributed by atoms with Crippen molar-refractivity contribution in [1.29, 1.82) is 0 Å². The monoisotopic (exact) mass is 296 g/mol. The van der Waals surface area contributed by atoms with Gasteiger partial charge < -0.3 is 15.9 Å². The molecule has 0 atom stereocenters. The first-order chi connectivity index (χ1) is 10.6. The summed E-state index contributed by atoms with van der Waals surface area (Å²) in [7, 11) is 0. The molecular weight excluding hydrogens is 282 g/mol. The smallest absolute Gasteiger partial charge is 0.404 e. The van der Waals surface area contributed by atoms with Crippen molar-refractivity contribution >= 4 is 34.7 Å². The molecule has 0 saturated heterocycles. The number of amides is 1. The molecular formula is C15H14N5O2+. The third kappa shape index (κ3) is 2.73. The van der Waals surface area contributed by atoms with Gasteiger partial charge in [0.15, 0.2) is 11.1 Å². The number of hydrogen-bond donors (Lipinski definition) is 4. The molecule has 7 nitrogen and oxygen atoms in total. The molecule has 0 unspecified atom stereocenters. The number of anilines is 1. The number of nitrogens with two attached hydrogens (primary N) is 2. The Labute approximate surface area is 125 Å². The molecule has 0 fully saturated rings. The number of nitrogen functional groups attached to an aromatic ring is 1. The second-order valence-corrected chi connectivity index (χ2v) is 4.57. The van der Waals surface area contributed by atoms with Crippen LogP contribution in [0.2, 0.25) is 0 Å². The fraction of sp³-hybridized carbons (Fsp3) is 0. The summed E-state index contributed by atoms with van der Waals surface area (Å²) in [5.74, 6) is -0.418. The van der Waals surface area contributed by atoms with Crippen molar-refractivity contribution in [1.82, 2.24) is 10.3 Å². The molecule has 22 heavy (non-hydrogen) atoms. The highest BCUT2D eigenvalue weighted by atomic mass is 16.4. The van der Waals surface area contributed by atoms with Crippen LogP contribution in [0.4, 0.5) is 11.7 Å². The number of guanidine groups is 1. The van der Waals surface area contributed by atoms with Gasteiger partial charge in [-0.15, -0.1) is 0 Å². The molecule has 110 valence electrons. The van der Waals surface area contributed by atoms with Gasteiger partial charge in [0.05, 0.1) is 5.56 Å². The minimum absolute atomic E-state index is 0.000177. The van der Waals surface area contributed by atoms with Crippen LogP contribution in [0, 0.1) is 0 Å². The number of hydrogen-bond acceptors (Lipinski definition) is 4. The molecule has 0 saturated carbocycles. The van der Waals surface area contributed by atoms with E-state index in [0.29, 0.717) is 22.4 Å². The minimum atomic E-state index is -0.417. The quantitative estimate of drug-likeness (QED) is 0.298. The van der Waals surface area contributed by atoms with E-state index in [1.54, 1.807) is 30.3 Å². The highest BCUT2D eigenvalue weighted by molar-refractivity contribution is 6.06. The van der Waals surface area contributed by atoms with E-state index in [4.69, 9.17) is 15.9 Å². The average molecular weight is 296 g/mol. The van der Waals surface area contributed by atoms with Gasteiger partial charge in [-0.05, 0) is 24.3 Å². The molecule has 3 aromatic rings. The van der Waals surface area contributed by atoms with Crippen molar-refractivity contribution in [3.05, 3.63) is 54.1 Å². The Morgan fingerprint density at radius 3 is 2.64 bits per heavy atom. The number of nitrogens with one attached hydrogen (secondary N) is 2. The first-order valence-electron chi connectivity index (χ1n) is 6.54. The van der Waals surface area contributed by atoms with E-state index in [2.05, 4.69) is 15.3 Å². The third-order valence-corrected chi connectivity index (χ3v) is 2.99. The van der Waals surface area contributed by atoms with Crippen molar-refractivity contribution in [2.75, 3.05) is 5.73 Å². The van der Waals surface area contributed by atoms with Crippen LogP contribution < -0.4 is 21.8 Å². The summed E-state index contributed by atoms with van der Waals surface area (Å²) in [5.41, 5.74) is 13.5. The molecule has 0 radical (unpaired) electrons. The lowest BCUT2D eigenvalue weighted by atomic mass is 10.2. The van der Waals surface area contributed by atoms with Crippen LogP contribution in [-0.2, 0) is 0 Å². The highest BCUT2D eigenvalue weighted by Crippen LogP contribution is 2.14. The molecule has 0 spiro atoms. The van der Waals surface area contributed by atoms with Gasteiger partial charge in [-0.3, -0.25) is 4.79 Å². The molecule has 2 aromatic carbocycles.